The Balaban J connectivity index is 2.93. The second-order valence-corrected chi connectivity index (χ2v) is 4.73. The van der Waals surface area contributed by atoms with Crippen molar-refractivity contribution in [2.24, 2.45) is 11.3 Å². The molecule has 0 fully saturated rings. The summed E-state index contributed by atoms with van der Waals surface area (Å²) >= 11 is 0. The largest absolute Gasteiger partial charge is 0.0744 e. The summed E-state index contributed by atoms with van der Waals surface area (Å²) in [7, 11) is 0. The zero-order chi connectivity index (χ0) is 9.35. The van der Waals surface area contributed by atoms with Crippen LogP contribution in [0, 0.1) is 11.3 Å². The first-order valence-electron chi connectivity index (χ1n) is 4.88. The van der Waals surface area contributed by atoms with Crippen LogP contribution in [0.1, 0.15) is 41.0 Å². The lowest BCUT2D eigenvalue weighted by atomic mass is 9.82. The molecule has 0 saturated heterocycles. The van der Waals surface area contributed by atoms with Crippen LogP contribution in [0.4, 0.5) is 0 Å². The van der Waals surface area contributed by atoms with Gasteiger partial charge in [-0.1, -0.05) is 46.8 Å². The van der Waals surface area contributed by atoms with Crippen LogP contribution in [-0.2, 0) is 0 Å². The molecule has 1 atom stereocenters. The van der Waals surface area contributed by atoms with Gasteiger partial charge in [-0.05, 0) is 28.9 Å². The van der Waals surface area contributed by atoms with E-state index in [2.05, 4.69) is 46.8 Å². The van der Waals surface area contributed by atoms with Crippen LogP contribution in [0.2, 0.25) is 0 Å². The molecular weight excluding hydrogens is 144 g/mol. The highest BCUT2D eigenvalue weighted by Gasteiger charge is 2.23. The predicted molar refractivity (Wildman–Crippen MR) is 55.1 cm³/mol. The Bertz CT molecular complexity index is 223. The van der Waals surface area contributed by atoms with Crippen LogP contribution < -0.4 is 0 Å². The van der Waals surface area contributed by atoms with Crippen molar-refractivity contribution >= 4 is 0 Å². The molecule has 1 aliphatic rings. The average Bonchev–Trinajstić information content (AvgIpc) is 2.29. The van der Waals surface area contributed by atoms with Crippen LogP contribution in [-0.4, -0.2) is 0 Å². The molecule has 1 rings (SSSR count). The fraction of sp³-hybridized carbons (Fsp3) is 0.667. The fourth-order valence-electron chi connectivity index (χ4n) is 1.87. The van der Waals surface area contributed by atoms with Gasteiger partial charge in [0.15, 0.2) is 0 Å². The monoisotopic (exact) mass is 164 g/mol. The molecule has 0 aromatic carbocycles. The molecule has 0 bridgehead atoms. The minimum absolute atomic E-state index is 0.326. The number of hydrogen-bond donors (Lipinski definition) is 0. The summed E-state index contributed by atoms with van der Waals surface area (Å²) in [5.74, 6) is 0.647. The second-order valence-electron chi connectivity index (χ2n) is 4.73. The van der Waals surface area contributed by atoms with Crippen LogP contribution in [0.3, 0.4) is 0 Å². The van der Waals surface area contributed by atoms with Gasteiger partial charge in [-0.2, -0.15) is 0 Å². The van der Waals surface area contributed by atoms with Crippen LogP contribution in [0.5, 0.6) is 0 Å². The molecule has 0 radical (unpaired) electrons. The van der Waals surface area contributed by atoms with Gasteiger partial charge in [0.2, 0.25) is 0 Å². The maximum atomic E-state index is 2.40. The van der Waals surface area contributed by atoms with Crippen molar-refractivity contribution in [2.75, 3.05) is 0 Å². The van der Waals surface area contributed by atoms with Gasteiger partial charge in [-0.3, -0.25) is 0 Å². The standard InChI is InChI=1S/C12H20/c1-6-10-7-9(2)8-11(10)12(3,4)5/h7-9H,6H2,1-5H3. The number of allylic oxidation sites excluding steroid dienone is 4. The van der Waals surface area contributed by atoms with Gasteiger partial charge in [0.05, 0.1) is 0 Å². The molecule has 0 saturated carbocycles. The smallest absolute Gasteiger partial charge is 0.00698 e. The van der Waals surface area contributed by atoms with Gasteiger partial charge < -0.3 is 0 Å². The molecule has 68 valence electrons. The molecule has 0 heterocycles. The molecule has 0 aliphatic heterocycles. The highest BCUT2D eigenvalue weighted by atomic mass is 14.3. The van der Waals surface area contributed by atoms with E-state index in [-0.39, 0.29) is 0 Å². The third-order valence-corrected chi connectivity index (χ3v) is 2.43. The normalized spacial score (nSPS) is 23.9. The minimum atomic E-state index is 0.326. The lowest BCUT2D eigenvalue weighted by Gasteiger charge is -2.22. The number of rotatable bonds is 1. The van der Waals surface area contributed by atoms with E-state index in [1.807, 2.05) is 0 Å². The van der Waals surface area contributed by atoms with Gasteiger partial charge in [0.25, 0.3) is 0 Å². The van der Waals surface area contributed by atoms with Gasteiger partial charge in [-0.25, -0.2) is 0 Å². The van der Waals surface area contributed by atoms with E-state index in [1.165, 1.54) is 6.42 Å². The quantitative estimate of drug-likeness (QED) is 0.550. The Kier molecular flexibility index (Phi) is 2.46. The third kappa shape index (κ3) is 1.80. The maximum Gasteiger partial charge on any atom is -0.00698 e. The molecule has 0 N–H and O–H groups in total. The van der Waals surface area contributed by atoms with Gasteiger partial charge >= 0.3 is 0 Å². The Morgan fingerprint density at radius 2 is 1.83 bits per heavy atom. The van der Waals surface area contributed by atoms with E-state index in [9.17, 15) is 0 Å². The minimum Gasteiger partial charge on any atom is -0.0744 e. The van der Waals surface area contributed by atoms with Crippen LogP contribution in [0.25, 0.3) is 0 Å². The molecule has 0 amide bonds. The van der Waals surface area contributed by atoms with E-state index in [0.29, 0.717) is 11.3 Å². The first kappa shape index (κ1) is 9.57. The summed E-state index contributed by atoms with van der Waals surface area (Å²) in [5.41, 5.74) is 3.43. The molecule has 0 aromatic heterocycles. The van der Waals surface area contributed by atoms with E-state index in [1.54, 1.807) is 11.1 Å². The second kappa shape index (κ2) is 3.08. The van der Waals surface area contributed by atoms with Gasteiger partial charge in [0.1, 0.15) is 0 Å². The first-order valence-corrected chi connectivity index (χ1v) is 4.88. The highest BCUT2D eigenvalue weighted by Crippen LogP contribution is 2.38. The Morgan fingerprint density at radius 1 is 1.25 bits per heavy atom. The summed E-state index contributed by atoms with van der Waals surface area (Å²) in [6.45, 7) is 11.4. The zero-order valence-electron chi connectivity index (χ0n) is 8.94. The predicted octanol–water partition coefficient (Wildman–Crippen LogP) is 3.95. The fourth-order valence-corrected chi connectivity index (χ4v) is 1.87. The first-order chi connectivity index (χ1) is 5.45. The Labute approximate surface area is 76.4 Å². The summed E-state index contributed by atoms with van der Waals surface area (Å²) in [6, 6.07) is 0. The van der Waals surface area contributed by atoms with Crippen molar-refractivity contribution in [2.45, 2.75) is 41.0 Å². The van der Waals surface area contributed by atoms with E-state index >= 15 is 0 Å². The zero-order valence-corrected chi connectivity index (χ0v) is 8.94. The topological polar surface area (TPSA) is 0 Å². The van der Waals surface area contributed by atoms with Crippen molar-refractivity contribution in [3.63, 3.8) is 0 Å². The third-order valence-electron chi connectivity index (χ3n) is 2.43. The van der Waals surface area contributed by atoms with Gasteiger partial charge in [0, 0.05) is 0 Å². The number of hydrogen-bond acceptors (Lipinski definition) is 0. The summed E-state index contributed by atoms with van der Waals surface area (Å²) < 4.78 is 0. The van der Waals surface area contributed by atoms with Gasteiger partial charge in [-0.15, -0.1) is 0 Å². The van der Waals surface area contributed by atoms with Crippen molar-refractivity contribution in [3.05, 3.63) is 23.3 Å². The maximum absolute atomic E-state index is 2.40. The Morgan fingerprint density at radius 3 is 2.17 bits per heavy atom. The van der Waals surface area contributed by atoms with E-state index < -0.39 is 0 Å². The van der Waals surface area contributed by atoms with Crippen molar-refractivity contribution in [1.29, 1.82) is 0 Å². The van der Waals surface area contributed by atoms with Crippen LogP contribution in [0.15, 0.2) is 23.3 Å². The molecule has 0 heteroatoms. The molecular formula is C12H20. The molecule has 0 aromatic rings. The molecule has 12 heavy (non-hydrogen) atoms. The van der Waals surface area contributed by atoms with Crippen LogP contribution >= 0.6 is 0 Å². The molecule has 0 nitrogen and oxygen atoms in total. The highest BCUT2D eigenvalue weighted by molar-refractivity contribution is 5.41. The Hall–Kier alpha value is -0.520. The summed E-state index contributed by atoms with van der Waals surface area (Å²) in [4.78, 5) is 0. The van der Waals surface area contributed by atoms with Crippen molar-refractivity contribution in [3.8, 4) is 0 Å². The lowest BCUT2D eigenvalue weighted by molar-refractivity contribution is 0.508. The SMILES string of the molecule is CCC1=CC(C)C=C1C(C)(C)C. The molecule has 1 aliphatic carbocycles. The van der Waals surface area contributed by atoms with E-state index in [0.717, 1.165) is 0 Å². The lowest BCUT2D eigenvalue weighted by Crippen LogP contribution is -2.09. The summed E-state index contributed by atoms with van der Waals surface area (Å²) in [6.07, 6.45) is 5.97. The summed E-state index contributed by atoms with van der Waals surface area (Å²) in [5, 5.41) is 0. The molecule has 0 spiro atoms. The van der Waals surface area contributed by atoms with Crippen molar-refractivity contribution in [1.82, 2.24) is 0 Å². The average molecular weight is 164 g/mol. The molecule has 1 unspecified atom stereocenters. The van der Waals surface area contributed by atoms with Crippen molar-refractivity contribution < 1.29 is 0 Å². The van der Waals surface area contributed by atoms with E-state index in [4.69, 9.17) is 0 Å².